The fourth-order valence-electron chi connectivity index (χ4n) is 2.92. The number of aryl methyl sites for hydroxylation is 1. The average Bonchev–Trinajstić information content (AvgIpc) is 3.11. The van der Waals surface area contributed by atoms with Gasteiger partial charge in [-0.2, -0.15) is 0 Å². The van der Waals surface area contributed by atoms with Crippen LogP contribution < -0.4 is 20.3 Å². The molecular formula is C19H17N3O4. The zero-order valence-electron chi connectivity index (χ0n) is 14.2. The van der Waals surface area contributed by atoms with Crippen LogP contribution in [0.5, 0.6) is 11.5 Å². The van der Waals surface area contributed by atoms with Crippen LogP contribution in [0, 0.1) is 6.92 Å². The lowest BCUT2D eigenvalue weighted by molar-refractivity contribution is -0.121. The van der Waals surface area contributed by atoms with Gasteiger partial charge in [-0.05, 0) is 36.8 Å². The van der Waals surface area contributed by atoms with Crippen molar-refractivity contribution in [3.63, 3.8) is 0 Å². The third-order valence-corrected chi connectivity index (χ3v) is 4.28. The molecule has 0 aliphatic carbocycles. The highest BCUT2D eigenvalue weighted by atomic mass is 16.7. The van der Waals surface area contributed by atoms with Crippen molar-refractivity contribution in [2.45, 2.75) is 20.0 Å². The van der Waals surface area contributed by atoms with Gasteiger partial charge in [0.15, 0.2) is 11.5 Å². The van der Waals surface area contributed by atoms with Crippen molar-refractivity contribution in [1.82, 2.24) is 14.9 Å². The van der Waals surface area contributed by atoms with Crippen molar-refractivity contribution in [3.05, 3.63) is 64.2 Å². The quantitative estimate of drug-likeness (QED) is 0.774. The van der Waals surface area contributed by atoms with Crippen molar-refractivity contribution in [2.24, 2.45) is 0 Å². The minimum Gasteiger partial charge on any atom is -0.454 e. The summed E-state index contributed by atoms with van der Waals surface area (Å²) in [6.45, 7) is 2.19. The zero-order valence-corrected chi connectivity index (χ0v) is 14.2. The predicted octanol–water partition coefficient (Wildman–Crippen LogP) is 1.75. The molecule has 1 aromatic heterocycles. The molecule has 7 heteroatoms. The number of nitrogens with zero attached hydrogens (tertiary/aromatic N) is 2. The molecule has 0 radical (unpaired) electrons. The van der Waals surface area contributed by atoms with Gasteiger partial charge in [0, 0.05) is 6.54 Å². The van der Waals surface area contributed by atoms with E-state index in [1.807, 2.05) is 24.3 Å². The van der Waals surface area contributed by atoms with E-state index in [1.54, 1.807) is 25.1 Å². The van der Waals surface area contributed by atoms with Gasteiger partial charge in [-0.1, -0.05) is 18.2 Å². The molecule has 0 unspecified atom stereocenters. The minimum absolute atomic E-state index is 0.0763. The van der Waals surface area contributed by atoms with Crippen molar-refractivity contribution < 1.29 is 14.3 Å². The summed E-state index contributed by atoms with van der Waals surface area (Å²) in [7, 11) is 0. The third kappa shape index (κ3) is 2.99. The van der Waals surface area contributed by atoms with Gasteiger partial charge >= 0.3 is 0 Å². The number of carbonyl (C=O) groups is 1. The summed E-state index contributed by atoms with van der Waals surface area (Å²) < 4.78 is 12.0. The van der Waals surface area contributed by atoms with Crippen LogP contribution in [0.1, 0.15) is 11.4 Å². The van der Waals surface area contributed by atoms with E-state index in [4.69, 9.17) is 9.47 Å². The van der Waals surface area contributed by atoms with Gasteiger partial charge in [-0.15, -0.1) is 0 Å². The number of fused-ring (bicyclic) bond motifs is 2. The van der Waals surface area contributed by atoms with Crippen molar-refractivity contribution in [1.29, 1.82) is 0 Å². The van der Waals surface area contributed by atoms with E-state index in [0.29, 0.717) is 34.8 Å². The first kappa shape index (κ1) is 16.1. The van der Waals surface area contributed by atoms with Gasteiger partial charge in [0.2, 0.25) is 12.7 Å². The molecule has 1 N–H and O–H groups in total. The Hall–Kier alpha value is -3.35. The smallest absolute Gasteiger partial charge is 0.261 e. The van der Waals surface area contributed by atoms with Crippen LogP contribution in [0.2, 0.25) is 0 Å². The van der Waals surface area contributed by atoms with Crippen LogP contribution in [0.25, 0.3) is 10.9 Å². The molecule has 1 aliphatic rings. The Morgan fingerprint density at radius 2 is 2.00 bits per heavy atom. The lowest BCUT2D eigenvalue weighted by Gasteiger charge is -2.11. The third-order valence-electron chi connectivity index (χ3n) is 4.28. The summed E-state index contributed by atoms with van der Waals surface area (Å²) in [5, 5.41) is 3.32. The molecule has 1 amide bonds. The molecule has 1 aliphatic heterocycles. The molecule has 0 saturated carbocycles. The van der Waals surface area contributed by atoms with Crippen molar-refractivity contribution in [3.8, 4) is 11.5 Å². The highest BCUT2D eigenvalue weighted by Crippen LogP contribution is 2.32. The number of nitrogens with one attached hydrogen (secondary N) is 1. The molecule has 2 heterocycles. The summed E-state index contributed by atoms with van der Waals surface area (Å²) in [6.07, 6.45) is 0. The van der Waals surface area contributed by atoms with E-state index in [-0.39, 0.29) is 24.8 Å². The maximum Gasteiger partial charge on any atom is 0.261 e. The molecule has 4 rings (SSSR count). The number of hydrogen-bond donors (Lipinski definition) is 1. The molecule has 2 aromatic carbocycles. The Balaban J connectivity index is 1.48. The SMILES string of the molecule is Cc1nc2ccccc2c(=O)n1CC(=O)NCc1ccc2c(c1)OCO2. The second kappa shape index (κ2) is 6.51. The molecule has 0 bridgehead atoms. The van der Waals surface area contributed by atoms with Gasteiger partial charge in [0.05, 0.1) is 10.9 Å². The van der Waals surface area contributed by atoms with E-state index < -0.39 is 0 Å². The van der Waals surface area contributed by atoms with Crippen LogP contribution in [-0.2, 0) is 17.9 Å². The van der Waals surface area contributed by atoms with E-state index in [1.165, 1.54) is 4.57 Å². The van der Waals surface area contributed by atoms with E-state index in [9.17, 15) is 9.59 Å². The normalized spacial score (nSPS) is 12.3. The standard InChI is InChI=1S/C19H17N3O4/c1-12-21-15-5-3-2-4-14(15)19(24)22(12)10-18(23)20-9-13-6-7-16-17(8-13)26-11-25-16/h2-8H,9-11H2,1H3,(H,20,23). The first-order valence-electron chi connectivity index (χ1n) is 8.23. The van der Waals surface area contributed by atoms with E-state index in [2.05, 4.69) is 10.3 Å². The van der Waals surface area contributed by atoms with Gasteiger partial charge < -0.3 is 14.8 Å². The van der Waals surface area contributed by atoms with Gasteiger partial charge in [0.25, 0.3) is 5.56 Å². The number of carbonyl (C=O) groups excluding carboxylic acids is 1. The average molecular weight is 351 g/mol. The lowest BCUT2D eigenvalue weighted by atomic mass is 10.2. The molecule has 0 saturated heterocycles. The second-order valence-corrected chi connectivity index (χ2v) is 6.03. The summed E-state index contributed by atoms with van der Waals surface area (Å²) in [5.41, 5.74) is 1.31. The molecule has 3 aromatic rings. The van der Waals surface area contributed by atoms with Crippen molar-refractivity contribution in [2.75, 3.05) is 6.79 Å². The highest BCUT2D eigenvalue weighted by Gasteiger charge is 2.14. The predicted molar refractivity (Wildman–Crippen MR) is 95.2 cm³/mol. The Morgan fingerprint density at radius 3 is 2.88 bits per heavy atom. The number of rotatable bonds is 4. The number of ether oxygens (including phenoxy) is 2. The van der Waals surface area contributed by atoms with E-state index >= 15 is 0 Å². The number of para-hydroxylation sites is 1. The molecular weight excluding hydrogens is 334 g/mol. The monoisotopic (exact) mass is 351 g/mol. The molecule has 0 fully saturated rings. The van der Waals surface area contributed by atoms with Crippen LogP contribution in [-0.4, -0.2) is 22.3 Å². The van der Waals surface area contributed by atoms with Gasteiger partial charge in [-0.3, -0.25) is 14.2 Å². The van der Waals surface area contributed by atoms with Gasteiger partial charge in [-0.25, -0.2) is 4.98 Å². The molecule has 7 nitrogen and oxygen atoms in total. The summed E-state index contributed by atoms with van der Waals surface area (Å²) in [6, 6.07) is 12.6. The topological polar surface area (TPSA) is 82.5 Å². The zero-order chi connectivity index (χ0) is 18.1. The van der Waals surface area contributed by atoms with Gasteiger partial charge in [0.1, 0.15) is 12.4 Å². The Labute approximate surface area is 149 Å². The number of hydrogen-bond acceptors (Lipinski definition) is 5. The maximum absolute atomic E-state index is 12.6. The number of benzene rings is 2. The summed E-state index contributed by atoms with van der Waals surface area (Å²) in [4.78, 5) is 29.3. The minimum atomic E-state index is -0.259. The number of amides is 1. The molecule has 0 spiro atoms. The molecule has 26 heavy (non-hydrogen) atoms. The summed E-state index contributed by atoms with van der Waals surface area (Å²) in [5.74, 6) is 1.61. The Morgan fingerprint density at radius 1 is 1.19 bits per heavy atom. The maximum atomic E-state index is 12.6. The highest BCUT2D eigenvalue weighted by molar-refractivity contribution is 5.79. The van der Waals surface area contributed by atoms with Crippen LogP contribution in [0.15, 0.2) is 47.3 Å². The number of aromatic nitrogens is 2. The Kier molecular flexibility index (Phi) is 4.04. The van der Waals surface area contributed by atoms with E-state index in [0.717, 1.165) is 5.56 Å². The second-order valence-electron chi connectivity index (χ2n) is 6.03. The molecule has 132 valence electrons. The van der Waals surface area contributed by atoms with Crippen LogP contribution in [0.4, 0.5) is 0 Å². The van der Waals surface area contributed by atoms with Crippen LogP contribution >= 0.6 is 0 Å². The summed E-state index contributed by atoms with van der Waals surface area (Å²) >= 11 is 0. The fraction of sp³-hybridized carbons (Fsp3) is 0.211. The fourth-order valence-corrected chi connectivity index (χ4v) is 2.92. The first-order chi connectivity index (χ1) is 12.6. The Bertz CT molecular complexity index is 1060. The molecule has 0 atom stereocenters. The largest absolute Gasteiger partial charge is 0.454 e. The first-order valence-corrected chi connectivity index (χ1v) is 8.23. The van der Waals surface area contributed by atoms with Crippen molar-refractivity contribution >= 4 is 16.8 Å². The van der Waals surface area contributed by atoms with Crippen LogP contribution in [0.3, 0.4) is 0 Å². The lowest BCUT2D eigenvalue weighted by Crippen LogP contribution is -2.33.